The maximum atomic E-state index is 12.8. The summed E-state index contributed by atoms with van der Waals surface area (Å²) in [6, 6.07) is 8.81. The first kappa shape index (κ1) is 29.8. The van der Waals surface area contributed by atoms with Crippen molar-refractivity contribution in [3.63, 3.8) is 0 Å². The Bertz CT molecular complexity index is 1720. The van der Waals surface area contributed by atoms with E-state index in [0.717, 1.165) is 63.2 Å². The van der Waals surface area contributed by atoms with Crippen LogP contribution in [0.1, 0.15) is 104 Å². The number of aromatic nitrogens is 4. The number of aromatic amines is 2. The van der Waals surface area contributed by atoms with Gasteiger partial charge >= 0.3 is 0 Å². The van der Waals surface area contributed by atoms with E-state index in [1.807, 2.05) is 0 Å². The summed E-state index contributed by atoms with van der Waals surface area (Å²) < 4.78 is 0. The van der Waals surface area contributed by atoms with E-state index in [0.29, 0.717) is 19.4 Å². The summed E-state index contributed by atoms with van der Waals surface area (Å²) in [7, 11) is 1.75. The number of likely N-dealkylation sites (N-methyl/N-ethyl adjacent to an activating group) is 1. The Labute approximate surface area is 249 Å². The largest absolute Gasteiger partial charge is 0.395 e. The third-order valence-electron chi connectivity index (χ3n) is 9.44. The standard InChI is InChI=1S/C35H45N5O2/c1-9-24-21(5)30-18-33-25(10-2)20(4)29(37-33)17-31-22(6)26(11-12-34(42)40(8)13-14-41)35(39-31)23(7)28-15-19(3)27(36-28)16-32(24)38-30/h15-18,22,26,36-37,41H,9-14H2,1-8H3/t22-,26-/m0/s1. The number of nitrogens with zero attached hydrogens (tertiary/aromatic N) is 3. The Morgan fingerprint density at radius 3 is 2.29 bits per heavy atom. The molecule has 0 saturated heterocycles. The number of aryl methyl sites for hydroxylation is 4. The highest BCUT2D eigenvalue weighted by atomic mass is 16.3. The SMILES string of the molecule is CCC1=C(C)c2cc3[nH]c(cc4nc(c(C)c5cc(C)c(cc1n2)[nH]5)[C@@H](CCC(=O)N(C)CCO)[C@@H]4C)c(C)c3CC. The number of amides is 1. The Kier molecular flexibility index (Phi) is 8.42. The van der Waals surface area contributed by atoms with Gasteiger partial charge in [0.15, 0.2) is 0 Å². The van der Waals surface area contributed by atoms with Crippen molar-refractivity contribution in [1.82, 2.24) is 24.8 Å². The Balaban J connectivity index is 1.79. The fourth-order valence-corrected chi connectivity index (χ4v) is 6.64. The molecule has 0 fully saturated rings. The summed E-state index contributed by atoms with van der Waals surface area (Å²) in [5.41, 5.74) is 15.7. The summed E-state index contributed by atoms with van der Waals surface area (Å²) in [5.74, 6) is 0.305. The molecule has 0 aliphatic carbocycles. The van der Waals surface area contributed by atoms with Crippen LogP contribution >= 0.6 is 0 Å². The summed E-state index contributed by atoms with van der Waals surface area (Å²) in [4.78, 5) is 32.3. The number of aliphatic hydroxyl groups excluding tert-OH is 1. The van der Waals surface area contributed by atoms with Gasteiger partial charge in [0.2, 0.25) is 5.91 Å². The van der Waals surface area contributed by atoms with Gasteiger partial charge in [-0.2, -0.15) is 0 Å². The van der Waals surface area contributed by atoms with E-state index >= 15 is 0 Å². The van der Waals surface area contributed by atoms with Crippen LogP contribution in [0.2, 0.25) is 0 Å². The zero-order chi connectivity index (χ0) is 30.3. The van der Waals surface area contributed by atoms with Crippen LogP contribution in [0.15, 0.2) is 24.3 Å². The van der Waals surface area contributed by atoms with E-state index in [1.54, 1.807) is 11.9 Å². The number of allylic oxidation sites excluding steroid dienone is 2. The molecule has 0 spiro atoms. The molecule has 0 aromatic carbocycles. The normalized spacial score (nSPS) is 16.8. The molecule has 2 atom stereocenters. The number of H-pyrrole nitrogens is 2. The van der Waals surface area contributed by atoms with E-state index in [2.05, 4.69) is 82.7 Å². The summed E-state index contributed by atoms with van der Waals surface area (Å²) >= 11 is 0. The lowest BCUT2D eigenvalue weighted by molar-refractivity contribution is -0.130. The molecule has 7 nitrogen and oxygen atoms in total. The zero-order valence-corrected chi connectivity index (χ0v) is 26.4. The van der Waals surface area contributed by atoms with Gasteiger partial charge in [-0.05, 0) is 105 Å². The Morgan fingerprint density at radius 1 is 0.905 bits per heavy atom. The van der Waals surface area contributed by atoms with Crippen LogP contribution in [0.25, 0.3) is 33.2 Å². The summed E-state index contributed by atoms with van der Waals surface area (Å²) in [5, 5.41) is 9.30. The number of hydrogen-bond donors (Lipinski definition) is 3. The summed E-state index contributed by atoms with van der Waals surface area (Å²) in [6.07, 6.45) is 2.95. The van der Waals surface area contributed by atoms with Crippen LogP contribution in [-0.2, 0) is 11.2 Å². The molecule has 5 rings (SSSR count). The van der Waals surface area contributed by atoms with Crippen molar-refractivity contribution in [3.05, 3.63) is 69.3 Å². The first-order valence-corrected chi connectivity index (χ1v) is 15.3. The van der Waals surface area contributed by atoms with Gasteiger partial charge in [0.05, 0.1) is 18.0 Å². The molecule has 2 aliphatic rings. The first-order valence-electron chi connectivity index (χ1n) is 15.3. The number of carbonyl (C=O) groups excluding carboxylic acids is 1. The number of fused-ring (bicyclic) bond motifs is 8. The molecule has 0 saturated carbocycles. The van der Waals surface area contributed by atoms with Crippen LogP contribution in [0.3, 0.4) is 0 Å². The minimum atomic E-state index is -0.0322. The quantitative estimate of drug-likeness (QED) is 0.280. The molecule has 222 valence electrons. The lowest BCUT2D eigenvalue weighted by atomic mass is 9.86. The van der Waals surface area contributed by atoms with Gasteiger partial charge in [0.25, 0.3) is 0 Å². The highest BCUT2D eigenvalue weighted by Crippen LogP contribution is 2.42. The van der Waals surface area contributed by atoms with Gasteiger partial charge in [-0.25, -0.2) is 4.98 Å². The molecule has 3 aromatic rings. The molecule has 42 heavy (non-hydrogen) atoms. The molecule has 0 unspecified atom stereocenters. The van der Waals surface area contributed by atoms with Crippen molar-refractivity contribution >= 4 is 39.1 Å². The van der Waals surface area contributed by atoms with Gasteiger partial charge < -0.3 is 20.0 Å². The molecule has 5 heterocycles. The molecular formula is C35H45N5O2. The van der Waals surface area contributed by atoms with Crippen molar-refractivity contribution in [1.29, 1.82) is 0 Å². The molecular weight excluding hydrogens is 522 g/mol. The number of aliphatic hydroxyl groups is 1. The maximum absolute atomic E-state index is 12.8. The van der Waals surface area contributed by atoms with E-state index < -0.39 is 0 Å². The summed E-state index contributed by atoms with van der Waals surface area (Å²) in [6.45, 7) is 15.6. The maximum Gasteiger partial charge on any atom is 0.222 e. The molecule has 8 bridgehead atoms. The Hall–Kier alpha value is -3.71. The van der Waals surface area contributed by atoms with Crippen LogP contribution < -0.4 is 0 Å². The molecule has 2 aliphatic heterocycles. The number of nitrogens with one attached hydrogen (secondary N) is 2. The van der Waals surface area contributed by atoms with Gasteiger partial charge in [-0.3, -0.25) is 9.78 Å². The van der Waals surface area contributed by atoms with Gasteiger partial charge in [0, 0.05) is 65.3 Å². The van der Waals surface area contributed by atoms with Crippen LogP contribution in [0.5, 0.6) is 0 Å². The first-order chi connectivity index (χ1) is 20.1. The predicted octanol–water partition coefficient (Wildman–Crippen LogP) is 7.26. The highest BCUT2D eigenvalue weighted by molar-refractivity contribution is 5.92. The second-order valence-electron chi connectivity index (χ2n) is 12.0. The minimum Gasteiger partial charge on any atom is -0.395 e. The van der Waals surface area contributed by atoms with E-state index in [4.69, 9.17) is 9.97 Å². The van der Waals surface area contributed by atoms with E-state index in [9.17, 15) is 9.90 Å². The third kappa shape index (κ3) is 5.31. The minimum absolute atomic E-state index is 0.0322. The number of hydrogen-bond acceptors (Lipinski definition) is 4. The second kappa shape index (κ2) is 11.9. The van der Waals surface area contributed by atoms with Crippen LogP contribution in [0, 0.1) is 20.8 Å². The lowest BCUT2D eigenvalue weighted by Crippen LogP contribution is -2.29. The molecule has 0 radical (unpaired) electrons. The fraction of sp³-hybridized carbons (Fsp3) is 0.457. The number of rotatable bonds is 7. The van der Waals surface area contributed by atoms with Gasteiger partial charge in [0.1, 0.15) is 0 Å². The molecule has 7 heteroatoms. The fourth-order valence-electron chi connectivity index (χ4n) is 6.64. The average Bonchev–Trinajstić information content (AvgIpc) is 3.66. The predicted molar refractivity (Wildman–Crippen MR) is 172 cm³/mol. The second-order valence-corrected chi connectivity index (χ2v) is 12.0. The topological polar surface area (TPSA) is 97.9 Å². The van der Waals surface area contributed by atoms with Crippen molar-refractivity contribution < 1.29 is 9.90 Å². The van der Waals surface area contributed by atoms with Crippen LogP contribution in [0.4, 0.5) is 0 Å². The smallest absolute Gasteiger partial charge is 0.222 e. The third-order valence-corrected chi connectivity index (χ3v) is 9.44. The van der Waals surface area contributed by atoms with Crippen molar-refractivity contribution in [2.45, 2.75) is 86.0 Å². The molecule has 1 amide bonds. The molecule has 3 aromatic heterocycles. The van der Waals surface area contributed by atoms with Crippen molar-refractivity contribution in [2.75, 3.05) is 20.2 Å². The molecule has 3 N–H and O–H groups in total. The van der Waals surface area contributed by atoms with E-state index in [-0.39, 0.29) is 24.3 Å². The van der Waals surface area contributed by atoms with Gasteiger partial charge in [-0.1, -0.05) is 20.8 Å². The lowest BCUT2D eigenvalue weighted by Gasteiger charge is -2.20. The zero-order valence-electron chi connectivity index (χ0n) is 26.4. The van der Waals surface area contributed by atoms with Crippen LogP contribution in [-0.4, -0.2) is 56.0 Å². The Morgan fingerprint density at radius 2 is 1.60 bits per heavy atom. The van der Waals surface area contributed by atoms with Crippen molar-refractivity contribution in [3.8, 4) is 0 Å². The van der Waals surface area contributed by atoms with E-state index in [1.165, 1.54) is 27.8 Å². The highest BCUT2D eigenvalue weighted by Gasteiger charge is 2.31. The average molecular weight is 568 g/mol. The van der Waals surface area contributed by atoms with Crippen molar-refractivity contribution in [2.24, 2.45) is 0 Å². The monoisotopic (exact) mass is 567 g/mol. The van der Waals surface area contributed by atoms with Gasteiger partial charge in [-0.15, -0.1) is 0 Å². The number of carbonyl (C=O) groups is 1.